The van der Waals surface area contributed by atoms with E-state index in [1.807, 2.05) is 37.3 Å². The lowest BCUT2D eigenvalue weighted by atomic mass is 10.2. The van der Waals surface area contributed by atoms with Crippen molar-refractivity contribution in [2.75, 3.05) is 23.3 Å². The van der Waals surface area contributed by atoms with E-state index in [0.29, 0.717) is 18.1 Å². The highest BCUT2D eigenvalue weighted by Gasteiger charge is 2.16. The van der Waals surface area contributed by atoms with Crippen LogP contribution in [0.3, 0.4) is 0 Å². The number of hydrogen-bond acceptors (Lipinski definition) is 4. The summed E-state index contributed by atoms with van der Waals surface area (Å²) in [6.45, 7) is 5.57. The first-order chi connectivity index (χ1) is 11.3. The second-order valence-corrected chi connectivity index (χ2v) is 5.31. The van der Waals surface area contributed by atoms with Gasteiger partial charge in [-0.2, -0.15) is 0 Å². The molecule has 5 nitrogen and oxygen atoms in total. The number of carbonyl (C=O) groups is 1. The number of carbonyl (C=O) groups excluding carboxylic acids is 1. The summed E-state index contributed by atoms with van der Waals surface area (Å²) < 4.78 is 0. The maximum absolute atomic E-state index is 12.6. The van der Waals surface area contributed by atoms with Crippen molar-refractivity contribution in [1.82, 2.24) is 9.97 Å². The number of nitrogens with zero attached hydrogens (tertiary/aromatic N) is 3. The molecule has 122 valence electrons. The summed E-state index contributed by atoms with van der Waals surface area (Å²) in [5.74, 6) is 0.483. The van der Waals surface area contributed by atoms with Gasteiger partial charge in [-0.05, 0) is 25.5 Å². The van der Waals surface area contributed by atoms with Gasteiger partial charge < -0.3 is 10.2 Å². The minimum Gasteiger partial charge on any atom is -0.354 e. The van der Waals surface area contributed by atoms with Crippen molar-refractivity contribution in [3.8, 4) is 0 Å². The highest BCUT2D eigenvalue weighted by molar-refractivity contribution is 6.05. The van der Waals surface area contributed by atoms with Gasteiger partial charge in [0.05, 0.1) is 5.56 Å². The Morgan fingerprint density at radius 3 is 2.39 bits per heavy atom. The van der Waals surface area contributed by atoms with Crippen LogP contribution in [-0.4, -0.2) is 29.0 Å². The van der Waals surface area contributed by atoms with Gasteiger partial charge in [-0.25, -0.2) is 9.97 Å². The number of rotatable bonds is 8. The number of nitrogens with one attached hydrogen (secondary N) is 1. The maximum Gasteiger partial charge on any atom is 0.261 e. The summed E-state index contributed by atoms with van der Waals surface area (Å²) in [6.07, 6.45) is 6.64. The lowest BCUT2D eigenvalue weighted by molar-refractivity contribution is 0.0987. The highest BCUT2D eigenvalue weighted by atomic mass is 16.2. The van der Waals surface area contributed by atoms with E-state index in [-0.39, 0.29) is 5.91 Å². The number of anilines is 2. The molecule has 0 atom stereocenters. The highest BCUT2D eigenvalue weighted by Crippen LogP contribution is 2.16. The van der Waals surface area contributed by atoms with E-state index in [9.17, 15) is 4.79 Å². The largest absolute Gasteiger partial charge is 0.354 e. The quantitative estimate of drug-likeness (QED) is 0.754. The normalized spacial score (nSPS) is 10.3. The smallest absolute Gasteiger partial charge is 0.261 e. The number of aromatic nitrogens is 2. The standard InChI is InChI=1S/C18H24N4O/c1-3-5-9-12-19-18-20-13-15(14-21-18)17(23)22(4-2)16-10-7-6-8-11-16/h6-8,10-11,13-14H,3-5,9,12H2,1-2H3,(H,19,20,21). The van der Waals surface area contributed by atoms with Crippen LogP contribution in [0.4, 0.5) is 11.6 Å². The van der Waals surface area contributed by atoms with Gasteiger partial charge >= 0.3 is 0 Å². The van der Waals surface area contributed by atoms with Crippen molar-refractivity contribution >= 4 is 17.5 Å². The number of unbranched alkanes of at least 4 members (excludes halogenated alkanes) is 2. The molecule has 23 heavy (non-hydrogen) atoms. The van der Waals surface area contributed by atoms with E-state index in [1.165, 1.54) is 12.8 Å². The lowest BCUT2D eigenvalue weighted by Gasteiger charge is -2.20. The molecule has 0 aliphatic heterocycles. The third-order valence-electron chi connectivity index (χ3n) is 3.59. The molecule has 0 saturated heterocycles. The van der Waals surface area contributed by atoms with Gasteiger partial charge in [0.25, 0.3) is 5.91 Å². The van der Waals surface area contributed by atoms with Crippen LogP contribution in [-0.2, 0) is 0 Å². The van der Waals surface area contributed by atoms with Gasteiger partial charge in [-0.15, -0.1) is 0 Å². The molecule has 0 aliphatic rings. The second kappa shape index (κ2) is 8.88. The van der Waals surface area contributed by atoms with Gasteiger partial charge in [-0.1, -0.05) is 38.0 Å². The SMILES string of the molecule is CCCCCNc1ncc(C(=O)N(CC)c2ccccc2)cn1. The number of para-hydroxylation sites is 1. The monoisotopic (exact) mass is 312 g/mol. The zero-order chi connectivity index (χ0) is 16.5. The molecule has 1 aromatic heterocycles. The Morgan fingerprint density at radius 1 is 1.09 bits per heavy atom. The van der Waals surface area contributed by atoms with Crippen LogP contribution in [0.15, 0.2) is 42.7 Å². The molecule has 0 saturated carbocycles. The Hall–Kier alpha value is -2.43. The summed E-state index contributed by atoms with van der Waals surface area (Å²) in [4.78, 5) is 22.8. The Balaban J connectivity index is 2.01. The van der Waals surface area contributed by atoms with Crippen molar-refractivity contribution in [1.29, 1.82) is 0 Å². The summed E-state index contributed by atoms with van der Waals surface area (Å²) >= 11 is 0. The predicted molar refractivity (Wildman–Crippen MR) is 93.8 cm³/mol. The Kier molecular flexibility index (Phi) is 6.54. The van der Waals surface area contributed by atoms with Crippen LogP contribution in [0.25, 0.3) is 0 Å². The molecule has 1 aromatic carbocycles. The summed E-state index contributed by atoms with van der Waals surface area (Å²) in [6, 6.07) is 9.62. The van der Waals surface area contributed by atoms with E-state index in [1.54, 1.807) is 17.3 Å². The number of hydrogen-bond donors (Lipinski definition) is 1. The fourth-order valence-electron chi connectivity index (χ4n) is 2.31. The summed E-state index contributed by atoms with van der Waals surface area (Å²) in [5, 5.41) is 3.17. The fraction of sp³-hybridized carbons (Fsp3) is 0.389. The lowest BCUT2D eigenvalue weighted by Crippen LogP contribution is -2.30. The molecule has 0 radical (unpaired) electrons. The Labute approximate surface area is 137 Å². The number of benzene rings is 1. The van der Waals surface area contributed by atoms with Crippen molar-refractivity contribution in [2.45, 2.75) is 33.1 Å². The molecule has 5 heteroatoms. The summed E-state index contributed by atoms with van der Waals surface area (Å²) in [5.41, 5.74) is 1.37. The molecule has 0 aliphatic carbocycles. The van der Waals surface area contributed by atoms with Gasteiger partial charge in [0.15, 0.2) is 0 Å². The molecule has 0 fully saturated rings. The van der Waals surface area contributed by atoms with E-state index in [0.717, 1.165) is 18.7 Å². The molecule has 1 heterocycles. The third-order valence-corrected chi connectivity index (χ3v) is 3.59. The average molecular weight is 312 g/mol. The molecular formula is C18H24N4O. The number of amides is 1. The molecule has 0 bridgehead atoms. The van der Waals surface area contributed by atoms with Crippen molar-refractivity contribution < 1.29 is 4.79 Å². The molecule has 1 amide bonds. The third kappa shape index (κ3) is 4.77. The van der Waals surface area contributed by atoms with E-state index < -0.39 is 0 Å². The first kappa shape index (κ1) is 16.9. The van der Waals surface area contributed by atoms with Crippen LogP contribution in [0, 0.1) is 0 Å². The molecule has 2 rings (SSSR count). The van der Waals surface area contributed by atoms with Crippen molar-refractivity contribution in [3.63, 3.8) is 0 Å². The van der Waals surface area contributed by atoms with Crippen LogP contribution in [0.1, 0.15) is 43.5 Å². The van der Waals surface area contributed by atoms with Crippen molar-refractivity contribution in [2.24, 2.45) is 0 Å². The Morgan fingerprint density at radius 2 is 1.78 bits per heavy atom. The Bertz CT molecular complexity index is 598. The zero-order valence-electron chi connectivity index (χ0n) is 13.8. The van der Waals surface area contributed by atoms with Crippen molar-refractivity contribution in [3.05, 3.63) is 48.3 Å². The first-order valence-electron chi connectivity index (χ1n) is 8.19. The van der Waals surface area contributed by atoms with Gasteiger partial charge in [-0.3, -0.25) is 4.79 Å². The molecule has 2 aromatic rings. The van der Waals surface area contributed by atoms with E-state index >= 15 is 0 Å². The maximum atomic E-state index is 12.6. The van der Waals surface area contributed by atoms with Gasteiger partial charge in [0.2, 0.25) is 5.95 Å². The molecular weight excluding hydrogens is 288 g/mol. The van der Waals surface area contributed by atoms with Crippen LogP contribution < -0.4 is 10.2 Å². The summed E-state index contributed by atoms with van der Waals surface area (Å²) in [7, 11) is 0. The fourth-order valence-corrected chi connectivity index (χ4v) is 2.31. The first-order valence-corrected chi connectivity index (χ1v) is 8.19. The second-order valence-electron chi connectivity index (χ2n) is 5.31. The molecule has 1 N–H and O–H groups in total. The molecule has 0 spiro atoms. The van der Waals surface area contributed by atoms with Crippen LogP contribution in [0.2, 0.25) is 0 Å². The van der Waals surface area contributed by atoms with Gasteiger partial charge in [0, 0.05) is 31.2 Å². The molecule has 0 unspecified atom stereocenters. The van der Waals surface area contributed by atoms with Crippen LogP contribution >= 0.6 is 0 Å². The topological polar surface area (TPSA) is 58.1 Å². The minimum atomic E-state index is -0.0868. The average Bonchev–Trinajstić information content (AvgIpc) is 2.61. The zero-order valence-corrected chi connectivity index (χ0v) is 13.8. The predicted octanol–water partition coefficient (Wildman–Crippen LogP) is 3.75. The van der Waals surface area contributed by atoms with E-state index in [2.05, 4.69) is 22.2 Å². The van der Waals surface area contributed by atoms with E-state index in [4.69, 9.17) is 0 Å². The van der Waals surface area contributed by atoms with Crippen LogP contribution in [0.5, 0.6) is 0 Å². The minimum absolute atomic E-state index is 0.0868. The van der Waals surface area contributed by atoms with Gasteiger partial charge in [0.1, 0.15) is 0 Å².